The van der Waals surface area contributed by atoms with Crippen LogP contribution in [0.3, 0.4) is 0 Å². The van der Waals surface area contributed by atoms with Crippen LogP contribution in [0.4, 0.5) is 0 Å². The fraction of sp³-hybridized carbons (Fsp3) is 0.400. The predicted molar refractivity (Wildman–Crippen MR) is 84.5 cm³/mol. The van der Waals surface area contributed by atoms with Gasteiger partial charge in [-0.2, -0.15) is 5.10 Å². The van der Waals surface area contributed by atoms with Crippen LogP contribution in [-0.4, -0.2) is 33.8 Å². The first kappa shape index (κ1) is 15.0. The van der Waals surface area contributed by atoms with Gasteiger partial charge in [-0.3, -0.25) is 0 Å². The van der Waals surface area contributed by atoms with Gasteiger partial charge in [-0.25, -0.2) is 14.7 Å². The molecule has 1 aromatic heterocycles. The van der Waals surface area contributed by atoms with Crippen molar-refractivity contribution in [3.05, 3.63) is 42.5 Å². The zero-order valence-corrected chi connectivity index (χ0v) is 12.6. The summed E-state index contributed by atoms with van der Waals surface area (Å²) in [6, 6.07) is 8.16. The van der Waals surface area contributed by atoms with Gasteiger partial charge in [-0.15, -0.1) is 0 Å². The summed E-state index contributed by atoms with van der Waals surface area (Å²) >= 11 is 0. The highest BCUT2D eigenvalue weighted by molar-refractivity contribution is 5.79. The third-order valence-corrected chi connectivity index (χ3v) is 2.93. The van der Waals surface area contributed by atoms with Crippen LogP contribution in [-0.2, 0) is 6.54 Å². The van der Waals surface area contributed by atoms with E-state index in [-0.39, 0.29) is 0 Å². The zero-order chi connectivity index (χ0) is 14.9. The minimum atomic E-state index is 0.649. The van der Waals surface area contributed by atoms with Crippen LogP contribution in [0.15, 0.2) is 41.9 Å². The molecule has 1 aromatic carbocycles. The molecule has 0 aliphatic heterocycles. The summed E-state index contributed by atoms with van der Waals surface area (Å²) in [6.45, 7) is 6.64. The number of guanidine groups is 1. The molecule has 21 heavy (non-hydrogen) atoms. The predicted octanol–water partition coefficient (Wildman–Crippen LogP) is 1.73. The summed E-state index contributed by atoms with van der Waals surface area (Å²) in [5, 5.41) is 10.6. The lowest BCUT2D eigenvalue weighted by atomic mass is 10.2. The third kappa shape index (κ3) is 4.59. The average Bonchev–Trinajstić information content (AvgIpc) is 3.05. The van der Waals surface area contributed by atoms with Crippen LogP contribution in [0.5, 0.6) is 0 Å². The van der Waals surface area contributed by atoms with Crippen LogP contribution in [0.1, 0.15) is 25.8 Å². The smallest absolute Gasteiger partial charge is 0.191 e. The normalized spacial score (nSPS) is 11.4. The van der Waals surface area contributed by atoms with Gasteiger partial charge in [0.25, 0.3) is 0 Å². The van der Waals surface area contributed by atoms with E-state index in [1.54, 1.807) is 11.0 Å². The maximum Gasteiger partial charge on any atom is 0.191 e. The molecule has 112 valence electrons. The van der Waals surface area contributed by atoms with Crippen molar-refractivity contribution >= 4 is 5.96 Å². The molecule has 0 unspecified atom stereocenters. The van der Waals surface area contributed by atoms with E-state index in [0.29, 0.717) is 6.54 Å². The van der Waals surface area contributed by atoms with Crippen molar-refractivity contribution < 1.29 is 0 Å². The van der Waals surface area contributed by atoms with Gasteiger partial charge >= 0.3 is 0 Å². The molecule has 1 heterocycles. The Labute approximate surface area is 125 Å². The molecule has 0 radical (unpaired) electrons. The van der Waals surface area contributed by atoms with Crippen LogP contribution in [0, 0.1) is 0 Å². The number of rotatable bonds is 6. The van der Waals surface area contributed by atoms with Crippen molar-refractivity contribution in [2.75, 3.05) is 13.1 Å². The molecule has 0 saturated heterocycles. The highest BCUT2D eigenvalue weighted by atomic mass is 15.3. The lowest BCUT2D eigenvalue weighted by Gasteiger charge is -2.10. The molecule has 2 rings (SSSR count). The Morgan fingerprint density at radius 3 is 2.62 bits per heavy atom. The number of aromatic nitrogens is 3. The largest absolute Gasteiger partial charge is 0.357 e. The van der Waals surface area contributed by atoms with E-state index in [2.05, 4.69) is 51.7 Å². The molecule has 0 aliphatic carbocycles. The van der Waals surface area contributed by atoms with Gasteiger partial charge in [0.05, 0.1) is 12.2 Å². The quantitative estimate of drug-likeness (QED) is 0.627. The maximum atomic E-state index is 4.57. The molecule has 6 heteroatoms. The van der Waals surface area contributed by atoms with Crippen molar-refractivity contribution in [1.29, 1.82) is 0 Å². The van der Waals surface area contributed by atoms with Gasteiger partial charge in [0.2, 0.25) is 0 Å². The molecule has 0 amide bonds. The second-order valence-corrected chi connectivity index (χ2v) is 4.63. The van der Waals surface area contributed by atoms with E-state index in [1.165, 1.54) is 6.33 Å². The van der Waals surface area contributed by atoms with E-state index < -0.39 is 0 Å². The maximum absolute atomic E-state index is 4.57. The van der Waals surface area contributed by atoms with E-state index in [9.17, 15) is 0 Å². The first-order chi connectivity index (χ1) is 10.3. The summed E-state index contributed by atoms with van der Waals surface area (Å²) in [4.78, 5) is 8.52. The van der Waals surface area contributed by atoms with Crippen LogP contribution in [0.2, 0.25) is 0 Å². The summed E-state index contributed by atoms with van der Waals surface area (Å²) in [7, 11) is 0. The minimum Gasteiger partial charge on any atom is -0.357 e. The van der Waals surface area contributed by atoms with Gasteiger partial charge in [0.15, 0.2) is 5.96 Å². The molecule has 0 saturated carbocycles. The summed E-state index contributed by atoms with van der Waals surface area (Å²) in [5.74, 6) is 0.861. The Morgan fingerprint density at radius 1 is 1.19 bits per heavy atom. The molecule has 0 bridgehead atoms. The molecular weight excluding hydrogens is 264 g/mol. The van der Waals surface area contributed by atoms with Gasteiger partial charge < -0.3 is 10.6 Å². The monoisotopic (exact) mass is 286 g/mol. The molecule has 2 aromatic rings. The molecule has 2 N–H and O–H groups in total. The molecule has 6 nitrogen and oxygen atoms in total. The molecule has 0 fully saturated rings. The van der Waals surface area contributed by atoms with Gasteiger partial charge in [0, 0.05) is 13.1 Å². The molecule has 0 atom stereocenters. The summed E-state index contributed by atoms with van der Waals surface area (Å²) in [6.07, 6.45) is 4.29. The SMILES string of the molecule is CCCNC(=NCc1ccc(-n2cncn2)cc1)NCC. The standard InChI is InChI=1S/C15H22N6/c1-3-9-18-15(17-4-2)19-10-13-5-7-14(8-6-13)21-12-16-11-20-21/h5-8,11-12H,3-4,9-10H2,1-2H3,(H2,17,18,19). The fourth-order valence-electron chi connectivity index (χ4n) is 1.85. The van der Waals surface area contributed by atoms with Crippen molar-refractivity contribution in [2.45, 2.75) is 26.8 Å². The summed E-state index contributed by atoms with van der Waals surface area (Å²) in [5.41, 5.74) is 2.16. The zero-order valence-electron chi connectivity index (χ0n) is 12.6. The second-order valence-electron chi connectivity index (χ2n) is 4.63. The first-order valence-corrected chi connectivity index (χ1v) is 7.29. The molecule has 0 spiro atoms. The van der Waals surface area contributed by atoms with Crippen LogP contribution in [0.25, 0.3) is 5.69 Å². The van der Waals surface area contributed by atoms with Crippen molar-refractivity contribution in [3.8, 4) is 5.69 Å². The lowest BCUT2D eigenvalue weighted by molar-refractivity contribution is 0.785. The fourth-order valence-corrected chi connectivity index (χ4v) is 1.85. The molecule has 0 aliphatic rings. The van der Waals surface area contributed by atoms with Crippen molar-refractivity contribution in [1.82, 2.24) is 25.4 Å². The Balaban J connectivity index is 1.98. The van der Waals surface area contributed by atoms with Crippen molar-refractivity contribution in [3.63, 3.8) is 0 Å². The first-order valence-electron chi connectivity index (χ1n) is 7.29. The number of benzene rings is 1. The Morgan fingerprint density at radius 2 is 2.00 bits per heavy atom. The Hall–Kier alpha value is -2.37. The van der Waals surface area contributed by atoms with E-state index in [0.717, 1.165) is 36.7 Å². The van der Waals surface area contributed by atoms with E-state index in [1.807, 2.05) is 12.1 Å². The lowest BCUT2D eigenvalue weighted by Crippen LogP contribution is -2.37. The van der Waals surface area contributed by atoms with E-state index in [4.69, 9.17) is 0 Å². The van der Waals surface area contributed by atoms with Crippen LogP contribution < -0.4 is 10.6 Å². The van der Waals surface area contributed by atoms with Crippen LogP contribution >= 0.6 is 0 Å². The van der Waals surface area contributed by atoms with E-state index >= 15 is 0 Å². The highest BCUT2D eigenvalue weighted by Crippen LogP contribution is 2.08. The van der Waals surface area contributed by atoms with Crippen molar-refractivity contribution in [2.24, 2.45) is 4.99 Å². The number of hydrogen-bond acceptors (Lipinski definition) is 3. The third-order valence-electron chi connectivity index (χ3n) is 2.93. The van der Waals surface area contributed by atoms with Gasteiger partial charge in [-0.1, -0.05) is 19.1 Å². The number of nitrogens with zero attached hydrogens (tertiary/aromatic N) is 4. The number of aliphatic imine (C=N–C) groups is 1. The average molecular weight is 286 g/mol. The number of nitrogens with one attached hydrogen (secondary N) is 2. The topological polar surface area (TPSA) is 67.1 Å². The second kappa shape index (κ2) is 8.04. The summed E-state index contributed by atoms with van der Waals surface area (Å²) < 4.78 is 1.74. The Bertz CT molecular complexity index is 544. The van der Waals surface area contributed by atoms with Gasteiger partial charge in [-0.05, 0) is 31.0 Å². The highest BCUT2D eigenvalue weighted by Gasteiger charge is 1.99. The van der Waals surface area contributed by atoms with Gasteiger partial charge in [0.1, 0.15) is 12.7 Å². The minimum absolute atomic E-state index is 0.649. The Kier molecular flexibility index (Phi) is 5.75. The number of hydrogen-bond donors (Lipinski definition) is 2. The molecular formula is C15H22N6.